The SMILES string of the molecule is Cc1[nH]cnc1CN1C[C@H]2CC[C@@H](C1)N(C(=O)NCCc1ccccc1)C2. The highest BCUT2D eigenvalue weighted by atomic mass is 16.2. The van der Waals surface area contributed by atoms with Gasteiger partial charge in [0.1, 0.15) is 0 Å². The summed E-state index contributed by atoms with van der Waals surface area (Å²) in [4.78, 5) is 25.0. The summed E-state index contributed by atoms with van der Waals surface area (Å²) in [7, 11) is 0. The molecule has 2 amide bonds. The summed E-state index contributed by atoms with van der Waals surface area (Å²) in [5.41, 5.74) is 3.52. The molecular weight excluding hydrogens is 338 g/mol. The topological polar surface area (TPSA) is 64.3 Å². The molecule has 4 heterocycles. The van der Waals surface area contributed by atoms with Crippen LogP contribution in [0.3, 0.4) is 0 Å². The van der Waals surface area contributed by atoms with E-state index in [1.54, 1.807) is 6.33 Å². The molecule has 5 rings (SSSR count). The molecule has 144 valence electrons. The zero-order valence-corrected chi connectivity index (χ0v) is 16.0. The van der Waals surface area contributed by atoms with Gasteiger partial charge >= 0.3 is 6.03 Å². The van der Waals surface area contributed by atoms with Crippen molar-refractivity contribution in [2.75, 3.05) is 26.2 Å². The number of carbonyl (C=O) groups is 1. The number of aryl methyl sites for hydroxylation is 1. The minimum absolute atomic E-state index is 0.0958. The van der Waals surface area contributed by atoms with E-state index in [0.717, 1.165) is 50.4 Å². The van der Waals surface area contributed by atoms with Crippen LogP contribution in [0.15, 0.2) is 36.7 Å². The number of nitrogens with zero attached hydrogens (tertiary/aromatic N) is 3. The van der Waals surface area contributed by atoms with Crippen molar-refractivity contribution in [2.45, 2.75) is 38.8 Å². The van der Waals surface area contributed by atoms with E-state index in [2.05, 4.69) is 44.1 Å². The van der Waals surface area contributed by atoms with Crippen molar-refractivity contribution >= 4 is 6.03 Å². The maximum atomic E-state index is 12.8. The molecule has 1 aromatic heterocycles. The normalized spacial score (nSPS) is 22.6. The Kier molecular flexibility index (Phi) is 5.43. The van der Waals surface area contributed by atoms with Gasteiger partial charge in [-0.25, -0.2) is 9.78 Å². The largest absolute Gasteiger partial charge is 0.348 e. The summed E-state index contributed by atoms with van der Waals surface area (Å²) < 4.78 is 0. The summed E-state index contributed by atoms with van der Waals surface area (Å²) in [5, 5.41) is 3.13. The van der Waals surface area contributed by atoms with Gasteiger partial charge in [-0.3, -0.25) is 4.90 Å². The molecule has 6 nitrogen and oxygen atoms in total. The number of aromatic amines is 1. The quantitative estimate of drug-likeness (QED) is 0.854. The van der Waals surface area contributed by atoms with Gasteiger partial charge in [-0.1, -0.05) is 30.3 Å². The van der Waals surface area contributed by atoms with Crippen LogP contribution >= 0.6 is 0 Å². The van der Waals surface area contributed by atoms with Gasteiger partial charge in [-0.15, -0.1) is 0 Å². The highest BCUT2D eigenvalue weighted by Crippen LogP contribution is 2.28. The van der Waals surface area contributed by atoms with Gasteiger partial charge < -0.3 is 15.2 Å². The number of amides is 2. The molecule has 3 aliphatic heterocycles. The predicted molar refractivity (Wildman–Crippen MR) is 105 cm³/mol. The number of nitrogens with one attached hydrogen (secondary N) is 2. The Morgan fingerprint density at radius 2 is 2.07 bits per heavy atom. The van der Waals surface area contributed by atoms with E-state index in [0.29, 0.717) is 18.5 Å². The molecule has 0 spiro atoms. The van der Waals surface area contributed by atoms with Crippen molar-refractivity contribution < 1.29 is 4.79 Å². The summed E-state index contributed by atoms with van der Waals surface area (Å²) in [5.74, 6) is 0.558. The number of benzene rings is 1. The van der Waals surface area contributed by atoms with Gasteiger partial charge in [0.05, 0.1) is 12.0 Å². The minimum atomic E-state index is 0.0958. The van der Waals surface area contributed by atoms with Gasteiger partial charge in [-0.2, -0.15) is 0 Å². The molecule has 3 aliphatic rings. The third kappa shape index (κ3) is 4.33. The van der Waals surface area contributed by atoms with Crippen LogP contribution in [-0.2, 0) is 13.0 Å². The average molecular weight is 367 g/mol. The Morgan fingerprint density at radius 3 is 2.85 bits per heavy atom. The Balaban J connectivity index is 1.33. The lowest BCUT2D eigenvalue weighted by Crippen LogP contribution is -2.51. The Morgan fingerprint density at radius 1 is 1.22 bits per heavy atom. The molecule has 0 radical (unpaired) electrons. The molecule has 3 fully saturated rings. The van der Waals surface area contributed by atoms with E-state index in [9.17, 15) is 4.79 Å². The van der Waals surface area contributed by atoms with Gasteiger partial charge in [0.15, 0.2) is 0 Å². The lowest BCUT2D eigenvalue weighted by Gasteiger charge is -2.36. The van der Waals surface area contributed by atoms with Gasteiger partial charge in [0.25, 0.3) is 0 Å². The molecule has 0 unspecified atom stereocenters. The number of H-pyrrole nitrogens is 1. The summed E-state index contributed by atoms with van der Waals surface area (Å²) in [6, 6.07) is 10.7. The van der Waals surface area contributed by atoms with E-state index in [1.165, 1.54) is 12.0 Å². The first kappa shape index (κ1) is 18.0. The fraction of sp³-hybridized carbons (Fsp3) is 0.524. The second-order valence-corrected chi connectivity index (χ2v) is 7.89. The van der Waals surface area contributed by atoms with E-state index >= 15 is 0 Å². The highest BCUT2D eigenvalue weighted by Gasteiger charge is 2.37. The van der Waals surface area contributed by atoms with Crippen LogP contribution in [0.5, 0.6) is 0 Å². The molecule has 27 heavy (non-hydrogen) atoms. The first-order valence-corrected chi connectivity index (χ1v) is 9.98. The standard InChI is InChI=1S/C21H29N5O/c1-16-20(24-15-23-16)14-25-11-18-7-8-19(13-25)26(12-18)21(27)22-10-9-17-5-3-2-4-6-17/h2-6,15,18-19H,7-14H2,1H3,(H,22,27)(H,23,24)/t18-,19+/m1/s1. The van der Waals surface area contributed by atoms with Crippen molar-refractivity contribution in [3.05, 3.63) is 53.6 Å². The average Bonchev–Trinajstić information content (AvgIpc) is 2.89. The van der Waals surface area contributed by atoms with E-state index < -0.39 is 0 Å². The number of hydrogen-bond donors (Lipinski definition) is 2. The molecule has 3 saturated heterocycles. The maximum absolute atomic E-state index is 12.8. The van der Waals surface area contributed by atoms with Crippen molar-refractivity contribution in [1.29, 1.82) is 0 Å². The zero-order chi connectivity index (χ0) is 18.6. The third-order valence-electron chi connectivity index (χ3n) is 5.89. The lowest BCUT2D eigenvalue weighted by molar-refractivity contribution is 0.140. The van der Waals surface area contributed by atoms with Crippen LogP contribution in [0.2, 0.25) is 0 Å². The molecule has 1 aromatic carbocycles. The Bertz CT molecular complexity index is 759. The van der Waals surface area contributed by atoms with Crippen molar-refractivity contribution in [1.82, 2.24) is 25.1 Å². The third-order valence-corrected chi connectivity index (χ3v) is 5.89. The first-order chi connectivity index (χ1) is 13.2. The number of piperidine rings is 1. The fourth-order valence-corrected chi connectivity index (χ4v) is 4.38. The van der Waals surface area contributed by atoms with Crippen molar-refractivity contribution in [3.63, 3.8) is 0 Å². The Hall–Kier alpha value is -2.34. The lowest BCUT2D eigenvalue weighted by atomic mass is 9.95. The Labute approximate surface area is 161 Å². The predicted octanol–water partition coefficient (Wildman–Crippen LogP) is 2.57. The molecule has 6 heteroatoms. The van der Waals surface area contributed by atoms with Crippen LogP contribution in [-0.4, -0.2) is 58.0 Å². The molecule has 0 saturated carbocycles. The number of imidazole rings is 1. The number of urea groups is 1. The smallest absolute Gasteiger partial charge is 0.317 e. The number of carbonyl (C=O) groups excluding carboxylic acids is 1. The number of hydrogen-bond acceptors (Lipinski definition) is 3. The van der Waals surface area contributed by atoms with Crippen LogP contribution in [0, 0.1) is 12.8 Å². The van der Waals surface area contributed by atoms with E-state index in [4.69, 9.17) is 0 Å². The molecule has 2 bridgehead atoms. The fourth-order valence-electron chi connectivity index (χ4n) is 4.38. The second kappa shape index (κ2) is 8.13. The summed E-state index contributed by atoms with van der Waals surface area (Å²) in [6.07, 6.45) is 4.96. The van der Waals surface area contributed by atoms with Gasteiger partial charge in [-0.05, 0) is 37.7 Å². The summed E-state index contributed by atoms with van der Waals surface area (Å²) >= 11 is 0. The molecule has 2 N–H and O–H groups in total. The van der Waals surface area contributed by atoms with Crippen LogP contribution in [0.25, 0.3) is 0 Å². The monoisotopic (exact) mass is 367 g/mol. The van der Waals surface area contributed by atoms with Gasteiger partial charge in [0.2, 0.25) is 0 Å². The molecule has 2 aromatic rings. The van der Waals surface area contributed by atoms with Crippen molar-refractivity contribution in [2.24, 2.45) is 5.92 Å². The first-order valence-electron chi connectivity index (χ1n) is 9.98. The van der Waals surface area contributed by atoms with E-state index in [-0.39, 0.29) is 6.03 Å². The van der Waals surface area contributed by atoms with Crippen LogP contribution in [0.4, 0.5) is 4.79 Å². The second-order valence-electron chi connectivity index (χ2n) is 7.89. The molecular formula is C21H29N5O. The number of rotatable bonds is 5. The summed E-state index contributed by atoms with van der Waals surface area (Å²) in [6.45, 7) is 6.49. The zero-order valence-electron chi connectivity index (χ0n) is 16.0. The molecule has 0 aliphatic carbocycles. The van der Waals surface area contributed by atoms with Crippen LogP contribution < -0.4 is 5.32 Å². The number of aromatic nitrogens is 2. The minimum Gasteiger partial charge on any atom is -0.348 e. The maximum Gasteiger partial charge on any atom is 0.317 e. The van der Waals surface area contributed by atoms with Gasteiger partial charge in [0, 0.05) is 44.5 Å². The van der Waals surface area contributed by atoms with E-state index in [1.807, 2.05) is 18.2 Å². The van der Waals surface area contributed by atoms with Crippen LogP contribution in [0.1, 0.15) is 29.8 Å². The highest BCUT2D eigenvalue weighted by molar-refractivity contribution is 5.74. The molecule has 2 atom stereocenters. The number of fused-ring (bicyclic) bond motifs is 4. The van der Waals surface area contributed by atoms with Crippen molar-refractivity contribution in [3.8, 4) is 0 Å².